The Labute approximate surface area is 132 Å². The number of carbonyl (C=O) groups excluding carboxylic acids is 1. The summed E-state index contributed by atoms with van der Waals surface area (Å²) in [5, 5.41) is 3.15. The third kappa shape index (κ3) is 6.98. The number of rotatable bonds is 2. The zero-order valence-electron chi connectivity index (χ0n) is 12.2. The maximum atomic E-state index is 11.9. The highest BCUT2D eigenvalue weighted by Crippen LogP contribution is 2.26. The van der Waals surface area contributed by atoms with Crippen molar-refractivity contribution in [2.24, 2.45) is 16.6 Å². The van der Waals surface area contributed by atoms with E-state index in [9.17, 15) is 4.79 Å². The van der Waals surface area contributed by atoms with Crippen molar-refractivity contribution in [2.45, 2.75) is 58.1 Å². The molecular weight excluding hydrogens is 357 g/mol. The van der Waals surface area contributed by atoms with Crippen LogP contribution in [0.1, 0.15) is 46.5 Å². The van der Waals surface area contributed by atoms with E-state index in [0.29, 0.717) is 12.0 Å². The molecule has 1 aliphatic rings. The van der Waals surface area contributed by atoms with Crippen molar-refractivity contribution in [3.63, 3.8) is 0 Å². The molecule has 0 spiro atoms. The van der Waals surface area contributed by atoms with E-state index in [1.165, 1.54) is 0 Å². The van der Waals surface area contributed by atoms with Gasteiger partial charge in [-0.1, -0.05) is 0 Å². The molecule has 112 valence electrons. The van der Waals surface area contributed by atoms with Gasteiger partial charge in [0.05, 0.1) is 5.92 Å². The number of nitrogens with one attached hydrogen (secondary N) is 1. The van der Waals surface area contributed by atoms with Crippen LogP contribution in [0.3, 0.4) is 0 Å². The fourth-order valence-corrected chi connectivity index (χ4v) is 2.13. The van der Waals surface area contributed by atoms with Crippen LogP contribution in [0.25, 0.3) is 0 Å². The van der Waals surface area contributed by atoms with Crippen LogP contribution in [0.15, 0.2) is 4.99 Å². The van der Waals surface area contributed by atoms with Crippen molar-refractivity contribution in [2.75, 3.05) is 7.05 Å². The van der Waals surface area contributed by atoms with Crippen molar-refractivity contribution >= 4 is 35.9 Å². The maximum absolute atomic E-state index is 11.9. The number of hydrogen-bond acceptors (Lipinski definition) is 3. The summed E-state index contributed by atoms with van der Waals surface area (Å²) in [6.07, 6.45) is 3.56. The first-order chi connectivity index (χ1) is 8.31. The number of halogens is 1. The van der Waals surface area contributed by atoms with E-state index in [0.717, 1.165) is 25.7 Å². The number of nitrogens with zero attached hydrogens (tertiary/aromatic N) is 1. The number of aliphatic imine (C=N–C) groups is 1. The van der Waals surface area contributed by atoms with Gasteiger partial charge in [-0.2, -0.15) is 0 Å². The highest BCUT2D eigenvalue weighted by molar-refractivity contribution is 14.0. The third-order valence-electron chi connectivity index (χ3n) is 3.06. The van der Waals surface area contributed by atoms with Crippen molar-refractivity contribution in [3.05, 3.63) is 0 Å². The molecule has 3 N–H and O–H groups in total. The first-order valence-corrected chi connectivity index (χ1v) is 6.53. The Hall–Kier alpha value is -0.530. The molecule has 0 bridgehead atoms. The molecule has 1 aliphatic carbocycles. The van der Waals surface area contributed by atoms with Gasteiger partial charge in [-0.25, -0.2) is 0 Å². The van der Waals surface area contributed by atoms with Crippen molar-refractivity contribution < 1.29 is 9.53 Å². The van der Waals surface area contributed by atoms with E-state index in [1.54, 1.807) is 7.05 Å². The number of guanidine groups is 1. The Balaban J connectivity index is 0.00000324. The quantitative estimate of drug-likeness (QED) is 0.331. The van der Waals surface area contributed by atoms with Crippen LogP contribution in [0.2, 0.25) is 0 Å². The normalized spacial score (nSPS) is 24.3. The van der Waals surface area contributed by atoms with Gasteiger partial charge in [-0.05, 0) is 46.5 Å². The maximum Gasteiger partial charge on any atom is 0.309 e. The number of nitrogens with two attached hydrogens (primary N) is 1. The first-order valence-electron chi connectivity index (χ1n) is 6.53. The van der Waals surface area contributed by atoms with Gasteiger partial charge in [0, 0.05) is 13.1 Å². The second kappa shape index (κ2) is 7.91. The topological polar surface area (TPSA) is 76.7 Å². The van der Waals surface area contributed by atoms with Gasteiger partial charge in [-0.15, -0.1) is 24.0 Å². The summed E-state index contributed by atoms with van der Waals surface area (Å²) in [5.41, 5.74) is 5.23. The molecule has 0 heterocycles. The molecule has 0 unspecified atom stereocenters. The van der Waals surface area contributed by atoms with Crippen molar-refractivity contribution in [3.8, 4) is 0 Å². The molecule has 0 atom stereocenters. The lowest BCUT2D eigenvalue weighted by molar-refractivity contribution is -0.161. The lowest BCUT2D eigenvalue weighted by Gasteiger charge is -2.30. The molecule has 1 saturated carbocycles. The zero-order chi connectivity index (χ0) is 13.8. The van der Waals surface area contributed by atoms with Gasteiger partial charge in [0.1, 0.15) is 5.60 Å². The summed E-state index contributed by atoms with van der Waals surface area (Å²) >= 11 is 0. The molecular formula is C13H26IN3O2. The van der Waals surface area contributed by atoms with E-state index in [4.69, 9.17) is 10.5 Å². The molecule has 5 nitrogen and oxygen atoms in total. The molecule has 0 aromatic rings. The van der Waals surface area contributed by atoms with Gasteiger partial charge in [0.15, 0.2) is 5.96 Å². The standard InChI is InChI=1S/C13H25N3O2.HI/c1-13(2,3)18-11(17)9-5-7-10(8-6-9)16-12(14)15-4;/h9-10H,5-8H2,1-4H3,(H3,14,15,16);1H. The van der Waals surface area contributed by atoms with Crippen LogP contribution >= 0.6 is 24.0 Å². The third-order valence-corrected chi connectivity index (χ3v) is 3.06. The highest BCUT2D eigenvalue weighted by Gasteiger charge is 2.29. The smallest absolute Gasteiger partial charge is 0.309 e. The fraction of sp³-hybridized carbons (Fsp3) is 0.846. The summed E-state index contributed by atoms with van der Waals surface area (Å²) in [4.78, 5) is 15.8. The molecule has 0 aliphatic heterocycles. The first kappa shape index (κ1) is 18.5. The van der Waals surface area contributed by atoms with Crippen LogP contribution in [0.5, 0.6) is 0 Å². The predicted octanol–water partition coefficient (Wildman–Crippen LogP) is 2.04. The average Bonchev–Trinajstić information content (AvgIpc) is 2.27. The summed E-state index contributed by atoms with van der Waals surface area (Å²) in [5.74, 6) is 0.427. The highest BCUT2D eigenvalue weighted by atomic mass is 127. The van der Waals surface area contributed by atoms with E-state index < -0.39 is 5.60 Å². The lowest BCUT2D eigenvalue weighted by Crippen LogP contribution is -2.43. The van der Waals surface area contributed by atoms with Crippen molar-refractivity contribution in [1.82, 2.24) is 5.32 Å². The van der Waals surface area contributed by atoms with E-state index in [1.807, 2.05) is 20.8 Å². The average molecular weight is 383 g/mol. The van der Waals surface area contributed by atoms with Gasteiger partial charge >= 0.3 is 5.97 Å². The minimum atomic E-state index is -0.397. The number of hydrogen-bond donors (Lipinski definition) is 2. The van der Waals surface area contributed by atoms with E-state index in [-0.39, 0.29) is 35.9 Å². The Morgan fingerprint density at radius 1 is 1.26 bits per heavy atom. The van der Waals surface area contributed by atoms with Crippen molar-refractivity contribution in [1.29, 1.82) is 0 Å². The molecule has 0 saturated heterocycles. The molecule has 0 aromatic heterocycles. The zero-order valence-corrected chi connectivity index (χ0v) is 14.6. The molecule has 1 fully saturated rings. The molecule has 0 radical (unpaired) electrons. The molecule has 0 amide bonds. The second-order valence-corrected chi connectivity index (χ2v) is 5.84. The number of ether oxygens (including phenoxy) is 1. The Morgan fingerprint density at radius 2 is 1.79 bits per heavy atom. The summed E-state index contributed by atoms with van der Waals surface area (Å²) in [7, 11) is 1.66. The Bertz CT molecular complexity index is 318. The minimum Gasteiger partial charge on any atom is -0.460 e. The fourth-order valence-electron chi connectivity index (χ4n) is 2.13. The summed E-state index contributed by atoms with van der Waals surface area (Å²) < 4.78 is 5.41. The van der Waals surface area contributed by atoms with Crippen LogP contribution in [0.4, 0.5) is 0 Å². The van der Waals surface area contributed by atoms with Crippen LogP contribution < -0.4 is 11.1 Å². The summed E-state index contributed by atoms with van der Waals surface area (Å²) in [6.45, 7) is 5.70. The van der Waals surface area contributed by atoms with E-state index >= 15 is 0 Å². The Morgan fingerprint density at radius 3 is 2.21 bits per heavy atom. The SMILES string of the molecule is CN=C(N)NC1CCC(C(=O)OC(C)(C)C)CC1.I. The largest absolute Gasteiger partial charge is 0.460 e. The predicted molar refractivity (Wildman–Crippen MR) is 87.7 cm³/mol. The van der Waals surface area contributed by atoms with Crippen LogP contribution in [0, 0.1) is 5.92 Å². The number of esters is 1. The van der Waals surface area contributed by atoms with Crippen LogP contribution in [-0.4, -0.2) is 30.6 Å². The monoisotopic (exact) mass is 383 g/mol. The number of carbonyl (C=O) groups is 1. The molecule has 19 heavy (non-hydrogen) atoms. The summed E-state index contributed by atoms with van der Waals surface area (Å²) in [6, 6.07) is 0.326. The Kier molecular flexibility index (Phi) is 7.69. The van der Waals surface area contributed by atoms with E-state index in [2.05, 4.69) is 10.3 Å². The second-order valence-electron chi connectivity index (χ2n) is 5.84. The molecule has 0 aromatic carbocycles. The van der Waals surface area contributed by atoms with Gasteiger partial charge in [0.2, 0.25) is 0 Å². The van der Waals surface area contributed by atoms with Gasteiger partial charge in [0.25, 0.3) is 0 Å². The minimum absolute atomic E-state index is 0. The van der Waals surface area contributed by atoms with Gasteiger partial charge in [-0.3, -0.25) is 9.79 Å². The van der Waals surface area contributed by atoms with Gasteiger partial charge < -0.3 is 15.8 Å². The van der Waals surface area contributed by atoms with Crippen LogP contribution in [-0.2, 0) is 9.53 Å². The lowest BCUT2D eigenvalue weighted by atomic mass is 9.86. The molecule has 1 rings (SSSR count). The molecule has 6 heteroatoms.